The van der Waals surface area contributed by atoms with Gasteiger partial charge in [-0.15, -0.1) is 0 Å². The van der Waals surface area contributed by atoms with Gasteiger partial charge in [0.1, 0.15) is 0 Å². The first-order valence-corrected chi connectivity index (χ1v) is 8.46. The minimum atomic E-state index is -4.16. The van der Waals surface area contributed by atoms with Gasteiger partial charge < -0.3 is 13.3 Å². The van der Waals surface area contributed by atoms with Crippen LogP contribution in [0.15, 0.2) is 29.2 Å². The Morgan fingerprint density at radius 1 is 1.06 bits per heavy atom. The van der Waals surface area contributed by atoms with Gasteiger partial charge in [-0.3, -0.25) is 4.55 Å². The van der Waals surface area contributed by atoms with E-state index in [4.69, 9.17) is 17.8 Å². The highest BCUT2D eigenvalue weighted by Gasteiger charge is 2.37. The molecule has 0 heterocycles. The van der Waals surface area contributed by atoms with Crippen LogP contribution < -0.4 is 0 Å². The fourth-order valence-corrected chi connectivity index (χ4v) is 3.64. The lowest BCUT2D eigenvalue weighted by molar-refractivity contribution is 0.122. The van der Waals surface area contributed by atoms with E-state index in [9.17, 15) is 8.42 Å². The highest BCUT2D eigenvalue weighted by Crippen LogP contribution is 2.16. The standard InChI is InChI=1S/C10H16O6SSi/c1-14-18(15-2,16-3)8-9-4-6-10(7-5-9)17(11,12)13/h4-7H,8H2,1-3H3,(H,11,12,13). The zero-order valence-corrected chi connectivity index (χ0v) is 12.2. The van der Waals surface area contributed by atoms with Crippen molar-refractivity contribution >= 4 is 18.9 Å². The highest BCUT2D eigenvalue weighted by molar-refractivity contribution is 7.85. The quantitative estimate of drug-likeness (QED) is 0.619. The van der Waals surface area contributed by atoms with Crippen molar-refractivity contribution in [2.24, 2.45) is 0 Å². The van der Waals surface area contributed by atoms with Crippen molar-refractivity contribution in [1.29, 1.82) is 0 Å². The average molecular weight is 292 g/mol. The zero-order chi connectivity index (χ0) is 13.8. The van der Waals surface area contributed by atoms with Crippen LogP contribution in [0.1, 0.15) is 5.56 Å². The first kappa shape index (κ1) is 15.3. The van der Waals surface area contributed by atoms with Crippen LogP contribution in [0, 0.1) is 0 Å². The SMILES string of the molecule is CO[Si](Cc1ccc(S(=O)(=O)O)cc1)(OC)OC. The summed E-state index contributed by atoms with van der Waals surface area (Å²) in [5.41, 5.74) is 0.805. The molecular weight excluding hydrogens is 276 g/mol. The molecule has 0 aliphatic carbocycles. The molecule has 0 unspecified atom stereocenters. The third-order valence-electron chi connectivity index (χ3n) is 2.57. The summed E-state index contributed by atoms with van der Waals surface area (Å²) in [7, 11) is -2.38. The minimum Gasteiger partial charge on any atom is -0.377 e. The summed E-state index contributed by atoms with van der Waals surface area (Å²) >= 11 is 0. The van der Waals surface area contributed by atoms with Crippen molar-refractivity contribution in [2.45, 2.75) is 10.9 Å². The lowest BCUT2D eigenvalue weighted by Gasteiger charge is -2.24. The van der Waals surface area contributed by atoms with Gasteiger partial charge in [0.15, 0.2) is 0 Å². The van der Waals surface area contributed by atoms with Gasteiger partial charge in [0.05, 0.1) is 4.90 Å². The molecule has 1 rings (SSSR count). The molecule has 1 N–H and O–H groups in total. The summed E-state index contributed by atoms with van der Waals surface area (Å²) in [5.74, 6) is 0. The summed E-state index contributed by atoms with van der Waals surface area (Å²) in [4.78, 5) is -0.147. The van der Waals surface area contributed by atoms with Crippen LogP contribution in [-0.2, 0) is 29.4 Å². The summed E-state index contributed by atoms with van der Waals surface area (Å²) < 4.78 is 46.4. The molecule has 0 fully saturated rings. The van der Waals surface area contributed by atoms with Crippen molar-refractivity contribution in [3.05, 3.63) is 29.8 Å². The van der Waals surface area contributed by atoms with Crippen LogP contribution in [-0.4, -0.2) is 43.1 Å². The topological polar surface area (TPSA) is 82.1 Å². The predicted molar refractivity (Wildman–Crippen MR) is 66.7 cm³/mol. The molecule has 1 aromatic rings. The van der Waals surface area contributed by atoms with Gasteiger partial charge >= 0.3 is 8.80 Å². The first-order chi connectivity index (χ1) is 8.37. The molecule has 0 aromatic heterocycles. The van der Waals surface area contributed by atoms with Gasteiger partial charge in [0.25, 0.3) is 10.1 Å². The molecule has 18 heavy (non-hydrogen) atoms. The molecule has 0 amide bonds. The molecule has 0 bridgehead atoms. The Bertz CT molecular complexity index is 471. The van der Waals surface area contributed by atoms with Crippen molar-refractivity contribution in [3.8, 4) is 0 Å². The van der Waals surface area contributed by atoms with Crippen LogP contribution >= 0.6 is 0 Å². The smallest absolute Gasteiger partial charge is 0.377 e. The maximum atomic E-state index is 10.9. The zero-order valence-electron chi connectivity index (χ0n) is 10.4. The molecule has 8 heteroatoms. The molecule has 0 saturated heterocycles. The molecule has 102 valence electrons. The Morgan fingerprint density at radius 2 is 1.50 bits per heavy atom. The van der Waals surface area contributed by atoms with Gasteiger partial charge in [-0.1, -0.05) is 12.1 Å². The summed E-state index contributed by atoms with van der Waals surface area (Å²) in [6, 6.07) is 6.24. The van der Waals surface area contributed by atoms with Gasteiger partial charge in [-0.25, -0.2) is 0 Å². The molecule has 0 radical (unpaired) electrons. The maximum Gasteiger partial charge on any atom is 0.504 e. The molecule has 0 spiro atoms. The predicted octanol–water partition coefficient (Wildman–Crippen LogP) is 0.893. The molecular formula is C10H16O6SSi. The van der Waals surface area contributed by atoms with E-state index in [1.165, 1.54) is 33.5 Å². The number of benzene rings is 1. The summed E-state index contributed by atoms with van der Waals surface area (Å²) in [5, 5.41) is 0. The van der Waals surface area contributed by atoms with Crippen LogP contribution in [0.25, 0.3) is 0 Å². The number of rotatable bonds is 6. The third-order valence-corrected chi connectivity index (χ3v) is 6.15. The molecule has 6 nitrogen and oxygen atoms in total. The molecule has 0 atom stereocenters. The number of hydrogen-bond acceptors (Lipinski definition) is 5. The van der Waals surface area contributed by atoms with E-state index in [0.717, 1.165) is 5.56 Å². The van der Waals surface area contributed by atoms with Gasteiger partial charge in [-0.05, 0) is 17.7 Å². The Morgan fingerprint density at radius 3 is 1.83 bits per heavy atom. The van der Waals surface area contributed by atoms with Gasteiger partial charge in [-0.2, -0.15) is 8.42 Å². The van der Waals surface area contributed by atoms with Gasteiger partial charge in [0.2, 0.25) is 0 Å². The minimum absolute atomic E-state index is 0.147. The lowest BCUT2D eigenvalue weighted by Crippen LogP contribution is -2.45. The van der Waals surface area contributed by atoms with Crippen molar-refractivity contribution in [1.82, 2.24) is 0 Å². The second kappa shape index (κ2) is 5.91. The van der Waals surface area contributed by atoms with Gasteiger partial charge in [0, 0.05) is 27.4 Å². The summed E-state index contributed by atoms with van der Waals surface area (Å²) in [6.45, 7) is 0. The third kappa shape index (κ3) is 3.61. The monoisotopic (exact) mass is 292 g/mol. The lowest BCUT2D eigenvalue weighted by atomic mass is 10.2. The second-order valence-electron chi connectivity index (χ2n) is 3.59. The highest BCUT2D eigenvalue weighted by atomic mass is 32.2. The molecule has 1 aromatic carbocycles. The number of hydrogen-bond donors (Lipinski definition) is 1. The van der Waals surface area contributed by atoms with Crippen molar-refractivity contribution < 1.29 is 26.2 Å². The summed E-state index contributed by atoms with van der Waals surface area (Å²) in [6.07, 6.45) is 0. The van der Waals surface area contributed by atoms with E-state index in [1.54, 1.807) is 12.1 Å². The normalized spacial score (nSPS) is 12.7. The largest absolute Gasteiger partial charge is 0.504 e. The maximum absolute atomic E-state index is 10.9. The Hall–Kier alpha value is -0.773. The van der Waals surface area contributed by atoms with E-state index in [1.807, 2.05) is 0 Å². The molecule has 0 aliphatic heterocycles. The van der Waals surface area contributed by atoms with Crippen molar-refractivity contribution in [2.75, 3.05) is 21.3 Å². The Labute approximate surface area is 108 Å². The first-order valence-electron chi connectivity index (χ1n) is 5.09. The van der Waals surface area contributed by atoms with E-state index < -0.39 is 18.9 Å². The van der Waals surface area contributed by atoms with E-state index in [-0.39, 0.29) is 4.90 Å². The van der Waals surface area contributed by atoms with Crippen LogP contribution in [0.3, 0.4) is 0 Å². The fourth-order valence-electron chi connectivity index (χ4n) is 1.50. The molecule has 0 saturated carbocycles. The molecule has 0 aliphatic rings. The van der Waals surface area contributed by atoms with Crippen LogP contribution in [0.4, 0.5) is 0 Å². The average Bonchev–Trinajstić information content (AvgIpc) is 2.36. The van der Waals surface area contributed by atoms with Crippen LogP contribution in [0.2, 0.25) is 0 Å². The fraction of sp³-hybridized carbons (Fsp3) is 0.400. The Balaban J connectivity index is 2.93. The van der Waals surface area contributed by atoms with Crippen LogP contribution in [0.5, 0.6) is 0 Å². The van der Waals surface area contributed by atoms with E-state index in [0.29, 0.717) is 6.04 Å². The Kier molecular flexibility index (Phi) is 5.02. The van der Waals surface area contributed by atoms with E-state index in [2.05, 4.69) is 0 Å². The second-order valence-corrected chi connectivity index (χ2v) is 7.96. The van der Waals surface area contributed by atoms with E-state index >= 15 is 0 Å². The van der Waals surface area contributed by atoms with Crippen molar-refractivity contribution in [3.63, 3.8) is 0 Å².